The first-order valence-electron chi connectivity index (χ1n) is 8.51. The lowest BCUT2D eigenvalue weighted by Crippen LogP contribution is -2.25. The molecule has 28 heavy (non-hydrogen) atoms. The summed E-state index contributed by atoms with van der Waals surface area (Å²) in [5.74, 6) is 0. The molecule has 0 radical (unpaired) electrons. The average molecular weight is 400 g/mol. The number of fused-ring (bicyclic) bond motifs is 1. The molecule has 0 amide bonds. The van der Waals surface area contributed by atoms with E-state index in [-0.39, 0.29) is 31.2 Å². The van der Waals surface area contributed by atoms with E-state index in [1.165, 1.54) is 15.6 Å². The van der Waals surface area contributed by atoms with Crippen LogP contribution < -0.4 is 11.4 Å². The third-order valence-corrected chi connectivity index (χ3v) is 4.53. The lowest BCUT2D eigenvalue weighted by atomic mass is 10.0. The highest BCUT2D eigenvalue weighted by Crippen LogP contribution is 2.29. The highest BCUT2D eigenvalue weighted by molar-refractivity contribution is 5.95. The average Bonchev–Trinajstić information content (AvgIpc) is 3.30. The second-order valence-electron chi connectivity index (χ2n) is 6.21. The van der Waals surface area contributed by atoms with E-state index in [0.29, 0.717) is 17.6 Å². The molecule has 4 rings (SSSR count). The van der Waals surface area contributed by atoms with Gasteiger partial charge < -0.3 is 10.7 Å². The molecule has 2 heterocycles. The van der Waals surface area contributed by atoms with Gasteiger partial charge in [0.25, 0.3) is 0 Å². The molecule has 0 aliphatic rings. The van der Waals surface area contributed by atoms with Gasteiger partial charge in [-0.3, -0.25) is 0 Å². The van der Waals surface area contributed by atoms with E-state index in [2.05, 4.69) is 16.1 Å². The Hall–Kier alpha value is -3.16. The molecule has 0 saturated heterocycles. The van der Waals surface area contributed by atoms with Crippen LogP contribution in [0.15, 0.2) is 77.8 Å². The van der Waals surface area contributed by atoms with Crippen molar-refractivity contribution in [2.75, 3.05) is 6.54 Å². The van der Waals surface area contributed by atoms with Crippen LogP contribution in [-0.2, 0) is 6.54 Å². The Labute approximate surface area is 166 Å². The Kier molecular flexibility index (Phi) is 5.77. The Morgan fingerprint density at radius 2 is 2.04 bits per heavy atom. The van der Waals surface area contributed by atoms with E-state index in [4.69, 9.17) is 5.73 Å². The smallest absolute Gasteiger partial charge is 0.350 e. The van der Waals surface area contributed by atoms with Crippen LogP contribution in [0, 0.1) is 0 Å². The predicted octanol–water partition coefficient (Wildman–Crippen LogP) is 3.42. The van der Waals surface area contributed by atoms with Crippen LogP contribution in [0.4, 0.5) is 4.39 Å². The fraction of sp³-hybridized carbons (Fsp3) is 0.100. The van der Waals surface area contributed by atoms with Crippen LogP contribution >= 0.6 is 12.4 Å². The number of rotatable bonds is 5. The van der Waals surface area contributed by atoms with Crippen LogP contribution in [-0.4, -0.2) is 25.9 Å². The van der Waals surface area contributed by atoms with Crippen molar-refractivity contribution < 1.29 is 4.39 Å². The van der Waals surface area contributed by atoms with Gasteiger partial charge in [-0.05, 0) is 29.3 Å². The number of hydrogen-bond acceptors (Lipinski definition) is 3. The molecule has 0 bridgehead atoms. The monoisotopic (exact) mass is 399 g/mol. The molecule has 144 valence electrons. The van der Waals surface area contributed by atoms with Crippen molar-refractivity contribution in [3.05, 3.63) is 83.4 Å². The maximum atomic E-state index is 12.7. The first kappa shape index (κ1) is 19.6. The van der Waals surface area contributed by atoms with Crippen molar-refractivity contribution in [1.29, 1.82) is 0 Å². The molecule has 8 heteroatoms. The summed E-state index contributed by atoms with van der Waals surface area (Å²) in [6.07, 6.45) is 3.81. The highest BCUT2D eigenvalue weighted by Gasteiger charge is 2.11. The normalized spacial score (nSPS) is 11.6. The topological polar surface area (TPSA) is 81.6 Å². The molecule has 2 aromatic heterocycles. The summed E-state index contributed by atoms with van der Waals surface area (Å²) in [6.45, 7) is 0.0623. The van der Waals surface area contributed by atoms with Crippen molar-refractivity contribution in [3.63, 3.8) is 0 Å². The Bertz CT molecular complexity index is 1190. The van der Waals surface area contributed by atoms with Crippen molar-refractivity contribution in [3.8, 4) is 16.8 Å². The van der Waals surface area contributed by atoms with E-state index < -0.39 is 0 Å². The highest BCUT2D eigenvalue weighted by atomic mass is 35.5. The van der Waals surface area contributed by atoms with Crippen LogP contribution in [0.2, 0.25) is 0 Å². The number of aromatic nitrogens is 4. The fourth-order valence-electron chi connectivity index (χ4n) is 3.09. The van der Waals surface area contributed by atoms with Crippen molar-refractivity contribution in [2.24, 2.45) is 5.73 Å². The van der Waals surface area contributed by atoms with Crippen LogP contribution in [0.5, 0.6) is 0 Å². The maximum Gasteiger partial charge on any atom is 0.350 e. The zero-order valence-corrected chi connectivity index (χ0v) is 15.7. The minimum atomic E-state index is -0.348. The molecule has 0 saturated carbocycles. The van der Waals surface area contributed by atoms with Gasteiger partial charge >= 0.3 is 5.69 Å². The molecule has 2 aromatic carbocycles. The number of hydrogen-bond donors (Lipinski definition) is 2. The lowest BCUT2D eigenvalue weighted by Gasteiger charge is -2.05. The van der Waals surface area contributed by atoms with Gasteiger partial charge in [0.05, 0.1) is 18.6 Å². The largest absolute Gasteiger partial charge is 0.361 e. The van der Waals surface area contributed by atoms with Crippen molar-refractivity contribution in [2.45, 2.75) is 6.54 Å². The van der Waals surface area contributed by atoms with Gasteiger partial charge in [-0.2, -0.15) is 5.10 Å². The Morgan fingerprint density at radius 1 is 1.21 bits per heavy atom. The van der Waals surface area contributed by atoms with Crippen LogP contribution in [0.25, 0.3) is 27.7 Å². The summed E-state index contributed by atoms with van der Waals surface area (Å²) in [7, 11) is 0. The van der Waals surface area contributed by atoms with Crippen molar-refractivity contribution in [1.82, 2.24) is 19.3 Å². The first-order chi connectivity index (χ1) is 13.2. The van der Waals surface area contributed by atoms with Crippen molar-refractivity contribution >= 4 is 23.3 Å². The number of halogens is 2. The zero-order valence-electron chi connectivity index (χ0n) is 14.9. The number of H-pyrrole nitrogens is 1. The lowest BCUT2D eigenvalue weighted by molar-refractivity contribution is 0.612. The summed E-state index contributed by atoms with van der Waals surface area (Å²) in [6, 6.07) is 15.7. The quantitative estimate of drug-likeness (QED) is 0.539. The SMILES string of the molecule is Cl.NC/C(=C\F)Cn1ncn(-c2cccc(-c3c[nH]c4ccccc34)c2)c1=O. The van der Waals surface area contributed by atoms with Crippen LogP contribution in [0.3, 0.4) is 0 Å². The molecule has 0 aliphatic heterocycles. The molecular formula is C20H19ClFN5O. The Morgan fingerprint density at radius 3 is 2.82 bits per heavy atom. The number of benzene rings is 2. The second kappa shape index (κ2) is 8.24. The standard InChI is InChI=1S/C20H18FN5O.ClH/c21-9-14(10-22)12-26-20(27)25(13-24-26)16-5-3-4-15(8-16)18-11-23-19-7-2-1-6-17(18)19;/h1-9,11,13,23H,10,12,22H2;1H/b14-9+;. The third-order valence-electron chi connectivity index (χ3n) is 4.53. The van der Waals surface area contributed by atoms with Gasteiger partial charge in [0, 0.05) is 29.2 Å². The molecule has 0 fully saturated rings. The number of para-hydroxylation sites is 1. The van der Waals surface area contributed by atoms with Gasteiger partial charge in [0.1, 0.15) is 6.33 Å². The number of nitrogens with one attached hydrogen (secondary N) is 1. The molecular weight excluding hydrogens is 381 g/mol. The van der Waals surface area contributed by atoms with E-state index in [1.54, 1.807) is 0 Å². The van der Waals surface area contributed by atoms with E-state index in [9.17, 15) is 9.18 Å². The predicted molar refractivity (Wildman–Crippen MR) is 111 cm³/mol. The van der Waals surface area contributed by atoms with E-state index >= 15 is 0 Å². The summed E-state index contributed by atoms with van der Waals surface area (Å²) in [5, 5.41) is 5.18. The molecule has 3 N–H and O–H groups in total. The van der Waals surface area contributed by atoms with E-state index in [0.717, 1.165) is 22.0 Å². The molecule has 0 unspecified atom stereocenters. The summed E-state index contributed by atoms with van der Waals surface area (Å²) in [5.41, 5.74) is 9.19. The summed E-state index contributed by atoms with van der Waals surface area (Å²) >= 11 is 0. The van der Waals surface area contributed by atoms with Gasteiger partial charge in [0.2, 0.25) is 0 Å². The summed E-state index contributed by atoms with van der Waals surface area (Å²) in [4.78, 5) is 15.9. The summed E-state index contributed by atoms with van der Waals surface area (Å²) < 4.78 is 15.4. The minimum absolute atomic E-state index is 0. The number of aromatic amines is 1. The molecule has 4 aromatic rings. The fourth-order valence-corrected chi connectivity index (χ4v) is 3.09. The number of nitrogens with two attached hydrogens (primary N) is 1. The molecule has 0 atom stereocenters. The minimum Gasteiger partial charge on any atom is -0.361 e. The van der Waals surface area contributed by atoms with E-state index in [1.807, 2.05) is 48.7 Å². The first-order valence-corrected chi connectivity index (χ1v) is 8.51. The number of nitrogens with zero attached hydrogens (tertiary/aromatic N) is 3. The molecule has 0 aliphatic carbocycles. The molecule has 0 spiro atoms. The zero-order chi connectivity index (χ0) is 18.8. The van der Waals surface area contributed by atoms with Crippen LogP contribution in [0.1, 0.15) is 0 Å². The van der Waals surface area contributed by atoms with Gasteiger partial charge in [0.15, 0.2) is 0 Å². The third kappa shape index (κ3) is 3.49. The second-order valence-corrected chi connectivity index (χ2v) is 6.21. The van der Waals surface area contributed by atoms with Gasteiger partial charge in [-0.1, -0.05) is 30.3 Å². The molecule has 6 nitrogen and oxygen atoms in total. The maximum absolute atomic E-state index is 12.7. The Balaban J connectivity index is 0.00000225. The van der Waals surface area contributed by atoms with Gasteiger partial charge in [-0.15, -0.1) is 12.4 Å². The van der Waals surface area contributed by atoms with Gasteiger partial charge in [-0.25, -0.2) is 18.4 Å².